The number of nitrogens with zero attached hydrogens (tertiary/aromatic N) is 1. The molecule has 72 valence electrons. The van der Waals surface area contributed by atoms with Gasteiger partial charge in [-0.25, -0.2) is 0 Å². The van der Waals surface area contributed by atoms with Crippen molar-refractivity contribution in [1.29, 1.82) is 5.26 Å². The van der Waals surface area contributed by atoms with E-state index in [1.807, 2.05) is 19.1 Å². The molecular formula is C11H12N2O. The molecule has 3 nitrogen and oxygen atoms in total. The smallest absolute Gasteiger partial charge is 0.150 e. The Labute approximate surface area is 83.4 Å². The lowest BCUT2D eigenvalue weighted by Gasteiger charge is -2.06. The highest BCUT2D eigenvalue weighted by Gasteiger charge is 1.98. The molecule has 1 aromatic rings. The van der Waals surface area contributed by atoms with Gasteiger partial charge in [0.1, 0.15) is 6.29 Å². The summed E-state index contributed by atoms with van der Waals surface area (Å²) in [5.74, 6) is -0.0132. The van der Waals surface area contributed by atoms with Crippen molar-refractivity contribution >= 4 is 12.0 Å². The summed E-state index contributed by atoms with van der Waals surface area (Å²) in [6, 6.07) is 9.28. The predicted octanol–water partition coefficient (Wildman–Crippen LogP) is 2.07. The van der Waals surface area contributed by atoms with Gasteiger partial charge >= 0.3 is 0 Å². The minimum absolute atomic E-state index is 0.0132. The van der Waals surface area contributed by atoms with E-state index in [1.165, 1.54) is 0 Å². The van der Waals surface area contributed by atoms with Crippen LogP contribution in [0.15, 0.2) is 24.3 Å². The number of benzene rings is 1. The molecule has 0 aliphatic carbocycles. The van der Waals surface area contributed by atoms with Crippen LogP contribution in [0.4, 0.5) is 5.69 Å². The Hall–Kier alpha value is -1.82. The van der Waals surface area contributed by atoms with Gasteiger partial charge in [-0.05, 0) is 31.2 Å². The van der Waals surface area contributed by atoms with E-state index in [1.54, 1.807) is 12.1 Å². The van der Waals surface area contributed by atoms with Crippen molar-refractivity contribution < 1.29 is 4.79 Å². The summed E-state index contributed by atoms with van der Waals surface area (Å²) in [4.78, 5) is 10.4. The summed E-state index contributed by atoms with van der Waals surface area (Å²) >= 11 is 0. The first-order chi connectivity index (χ1) is 6.76. The van der Waals surface area contributed by atoms with Crippen LogP contribution in [-0.4, -0.2) is 12.8 Å². The zero-order chi connectivity index (χ0) is 10.4. The molecule has 14 heavy (non-hydrogen) atoms. The summed E-state index contributed by atoms with van der Waals surface area (Å²) in [5.41, 5.74) is 1.58. The van der Waals surface area contributed by atoms with Gasteiger partial charge in [-0.15, -0.1) is 0 Å². The van der Waals surface area contributed by atoms with Gasteiger partial charge in [-0.3, -0.25) is 4.79 Å². The van der Waals surface area contributed by atoms with Crippen LogP contribution in [0.3, 0.4) is 0 Å². The van der Waals surface area contributed by atoms with Gasteiger partial charge in [0, 0.05) is 17.8 Å². The van der Waals surface area contributed by atoms with E-state index in [-0.39, 0.29) is 5.92 Å². The first-order valence-electron chi connectivity index (χ1n) is 4.45. The molecule has 0 spiro atoms. The number of carbonyl (C=O) groups is 1. The number of rotatable bonds is 4. The highest BCUT2D eigenvalue weighted by atomic mass is 16.1. The predicted molar refractivity (Wildman–Crippen MR) is 55.1 cm³/mol. The minimum atomic E-state index is -0.0132. The van der Waals surface area contributed by atoms with Gasteiger partial charge in [-0.2, -0.15) is 5.26 Å². The SMILES string of the molecule is CC(C#N)CNc1ccc(C=O)cc1. The monoisotopic (exact) mass is 188 g/mol. The summed E-state index contributed by atoms with van der Waals surface area (Å²) in [6.45, 7) is 2.48. The van der Waals surface area contributed by atoms with E-state index in [0.717, 1.165) is 12.0 Å². The topological polar surface area (TPSA) is 52.9 Å². The average molecular weight is 188 g/mol. The van der Waals surface area contributed by atoms with E-state index in [9.17, 15) is 4.79 Å². The number of anilines is 1. The lowest BCUT2D eigenvalue weighted by molar-refractivity contribution is 0.112. The fraction of sp³-hybridized carbons (Fsp3) is 0.273. The third kappa shape index (κ3) is 2.91. The summed E-state index contributed by atoms with van der Waals surface area (Å²) in [5, 5.41) is 11.7. The zero-order valence-corrected chi connectivity index (χ0v) is 8.03. The molecule has 0 heterocycles. The molecule has 3 heteroatoms. The van der Waals surface area contributed by atoms with Crippen LogP contribution in [0.1, 0.15) is 17.3 Å². The normalized spacial score (nSPS) is 11.4. The lowest BCUT2D eigenvalue weighted by Crippen LogP contribution is -2.09. The molecule has 1 rings (SSSR count). The number of nitriles is 1. The Balaban J connectivity index is 2.52. The van der Waals surface area contributed by atoms with Gasteiger partial charge in [0.25, 0.3) is 0 Å². The van der Waals surface area contributed by atoms with Crippen molar-refractivity contribution in [3.05, 3.63) is 29.8 Å². The number of nitrogens with one attached hydrogen (secondary N) is 1. The maximum absolute atomic E-state index is 10.4. The Morgan fingerprint density at radius 3 is 2.64 bits per heavy atom. The molecule has 1 N–H and O–H groups in total. The molecule has 1 atom stereocenters. The molecule has 1 aromatic carbocycles. The van der Waals surface area contributed by atoms with Crippen molar-refractivity contribution in [3.8, 4) is 6.07 Å². The molecule has 0 bridgehead atoms. The van der Waals surface area contributed by atoms with Crippen LogP contribution in [0.25, 0.3) is 0 Å². The largest absolute Gasteiger partial charge is 0.384 e. The van der Waals surface area contributed by atoms with Crippen molar-refractivity contribution in [1.82, 2.24) is 0 Å². The quantitative estimate of drug-likeness (QED) is 0.736. The zero-order valence-electron chi connectivity index (χ0n) is 8.03. The number of carbonyl (C=O) groups excluding carboxylic acids is 1. The molecule has 0 amide bonds. The fourth-order valence-electron chi connectivity index (χ4n) is 0.996. The third-order valence-corrected chi connectivity index (χ3v) is 1.88. The molecule has 0 saturated carbocycles. The first kappa shape index (κ1) is 10.3. The molecule has 0 aliphatic heterocycles. The van der Waals surface area contributed by atoms with Crippen LogP contribution < -0.4 is 5.32 Å². The summed E-state index contributed by atoms with van der Waals surface area (Å²) in [6.07, 6.45) is 0.807. The maximum Gasteiger partial charge on any atom is 0.150 e. The van der Waals surface area contributed by atoms with Gasteiger partial charge in [0.2, 0.25) is 0 Å². The van der Waals surface area contributed by atoms with E-state index < -0.39 is 0 Å². The van der Waals surface area contributed by atoms with E-state index >= 15 is 0 Å². The molecule has 0 fully saturated rings. The molecule has 0 saturated heterocycles. The van der Waals surface area contributed by atoms with Crippen molar-refractivity contribution in [2.24, 2.45) is 5.92 Å². The number of hydrogen-bond donors (Lipinski definition) is 1. The Morgan fingerprint density at radius 1 is 1.50 bits per heavy atom. The molecule has 1 unspecified atom stereocenters. The van der Waals surface area contributed by atoms with Crippen LogP contribution in [0, 0.1) is 17.2 Å². The summed E-state index contributed by atoms with van der Waals surface area (Å²) in [7, 11) is 0. The van der Waals surface area contributed by atoms with Crippen molar-refractivity contribution in [2.45, 2.75) is 6.92 Å². The van der Waals surface area contributed by atoms with Gasteiger partial charge < -0.3 is 5.32 Å². The van der Waals surface area contributed by atoms with Crippen LogP contribution in [0.5, 0.6) is 0 Å². The molecular weight excluding hydrogens is 176 g/mol. The van der Waals surface area contributed by atoms with Crippen LogP contribution in [-0.2, 0) is 0 Å². The maximum atomic E-state index is 10.4. The van der Waals surface area contributed by atoms with E-state index in [0.29, 0.717) is 12.1 Å². The second kappa shape index (κ2) is 5.03. The van der Waals surface area contributed by atoms with Gasteiger partial charge in [-0.1, -0.05) is 0 Å². The second-order valence-electron chi connectivity index (χ2n) is 3.15. The fourth-order valence-corrected chi connectivity index (χ4v) is 0.996. The highest BCUT2D eigenvalue weighted by molar-refractivity contribution is 5.75. The lowest BCUT2D eigenvalue weighted by atomic mass is 10.2. The third-order valence-electron chi connectivity index (χ3n) is 1.88. The number of hydrogen-bond acceptors (Lipinski definition) is 3. The minimum Gasteiger partial charge on any atom is -0.384 e. The van der Waals surface area contributed by atoms with Crippen molar-refractivity contribution in [2.75, 3.05) is 11.9 Å². The highest BCUT2D eigenvalue weighted by Crippen LogP contribution is 2.08. The standard InChI is InChI=1S/C11H12N2O/c1-9(6-12)7-13-11-4-2-10(8-14)3-5-11/h2-5,8-9,13H,7H2,1H3. The van der Waals surface area contributed by atoms with Gasteiger partial charge in [0.05, 0.1) is 12.0 Å². The molecule has 0 radical (unpaired) electrons. The van der Waals surface area contributed by atoms with Gasteiger partial charge in [0.15, 0.2) is 0 Å². The average Bonchev–Trinajstić information content (AvgIpc) is 2.26. The van der Waals surface area contributed by atoms with Crippen LogP contribution in [0.2, 0.25) is 0 Å². The Kier molecular flexibility index (Phi) is 3.69. The van der Waals surface area contributed by atoms with E-state index in [4.69, 9.17) is 5.26 Å². The Morgan fingerprint density at radius 2 is 2.14 bits per heavy atom. The van der Waals surface area contributed by atoms with Crippen LogP contribution >= 0.6 is 0 Å². The Bertz CT molecular complexity index is 337. The first-order valence-corrected chi connectivity index (χ1v) is 4.45. The summed E-state index contributed by atoms with van der Waals surface area (Å²) < 4.78 is 0. The molecule has 0 aliphatic rings. The molecule has 0 aromatic heterocycles. The second-order valence-corrected chi connectivity index (χ2v) is 3.15. The number of aldehydes is 1. The van der Waals surface area contributed by atoms with E-state index in [2.05, 4.69) is 11.4 Å². The van der Waals surface area contributed by atoms with Crippen molar-refractivity contribution in [3.63, 3.8) is 0 Å².